The van der Waals surface area contributed by atoms with Gasteiger partial charge in [0.2, 0.25) is 0 Å². The zero-order chi connectivity index (χ0) is 15.0. The molecule has 0 aromatic heterocycles. The maximum absolute atomic E-state index is 12.6. The van der Waals surface area contributed by atoms with Gasteiger partial charge in [-0.3, -0.25) is 4.79 Å². The molecule has 118 valence electrons. The van der Waals surface area contributed by atoms with Crippen molar-refractivity contribution in [3.8, 4) is 0 Å². The van der Waals surface area contributed by atoms with E-state index in [-0.39, 0.29) is 5.41 Å². The lowest BCUT2D eigenvalue weighted by Crippen LogP contribution is -2.38. The van der Waals surface area contributed by atoms with Crippen LogP contribution in [-0.4, -0.2) is 19.5 Å². The molecule has 0 aromatic carbocycles. The summed E-state index contributed by atoms with van der Waals surface area (Å²) in [6.45, 7) is 7.41. The van der Waals surface area contributed by atoms with Crippen molar-refractivity contribution >= 4 is 5.78 Å². The Morgan fingerprint density at radius 1 is 1.25 bits per heavy atom. The van der Waals surface area contributed by atoms with Gasteiger partial charge in [-0.1, -0.05) is 52.9 Å². The van der Waals surface area contributed by atoms with Gasteiger partial charge in [-0.2, -0.15) is 0 Å². The Bertz CT molecular complexity index is 285. The largest absolute Gasteiger partial charge is 0.384 e. The fourth-order valence-corrected chi connectivity index (χ4v) is 3.65. The van der Waals surface area contributed by atoms with Gasteiger partial charge in [0.15, 0.2) is 0 Å². The van der Waals surface area contributed by atoms with Crippen LogP contribution in [-0.2, 0) is 9.53 Å². The van der Waals surface area contributed by atoms with Crippen molar-refractivity contribution in [1.29, 1.82) is 0 Å². The summed E-state index contributed by atoms with van der Waals surface area (Å²) in [4.78, 5) is 12.6. The molecule has 2 heteroatoms. The quantitative estimate of drug-likeness (QED) is 0.527. The zero-order valence-electron chi connectivity index (χ0n) is 14.0. The second kappa shape index (κ2) is 8.81. The van der Waals surface area contributed by atoms with Crippen molar-refractivity contribution in [1.82, 2.24) is 0 Å². The molecule has 0 saturated heterocycles. The van der Waals surface area contributed by atoms with Crippen molar-refractivity contribution in [2.24, 2.45) is 17.3 Å². The summed E-state index contributed by atoms with van der Waals surface area (Å²) in [5.74, 6) is 1.77. The van der Waals surface area contributed by atoms with Gasteiger partial charge in [-0.25, -0.2) is 0 Å². The van der Waals surface area contributed by atoms with Gasteiger partial charge in [-0.15, -0.1) is 0 Å². The number of hydrogen-bond donors (Lipinski definition) is 0. The molecule has 20 heavy (non-hydrogen) atoms. The number of unbranched alkanes of at least 4 members (excludes halogenated alkanes) is 3. The fraction of sp³-hybridized carbons (Fsp3) is 0.944. The van der Waals surface area contributed by atoms with E-state index < -0.39 is 0 Å². The van der Waals surface area contributed by atoms with Gasteiger partial charge in [0.25, 0.3) is 0 Å². The monoisotopic (exact) mass is 282 g/mol. The van der Waals surface area contributed by atoms with E-state index in [1.54, 1.807) is 7.11 Å². The van der Waals surface area contributed by atoms with E-state index in [1.165, 1.54) is 38.5 Å². The van der Waals surface area contributed by atoms with E-state index in [0.717, 1.165) is 25.2 Å². The minimum atomic E-state index is -0.160. The molecule has 0 bridgehead atoms. The first-order valence-electron chi connectivity index (χ1n) is 8.55. The molecule has 0 heterocycles. The predicted octanol–water partition coefficient (Wildman–Crippen LogP) is 5.00. The number of carbonyl (C=O) groups excluding carboxylic acids is 1. The zero-order valence-corrected chi connectivity index (χ0v) is 14.0. The molecule has 0 aliphatic heterocycles. The number of ether oxygens (including phenoxy) is 1. The number of hydrogen-bond acceptors (Lipinski definition) is 2. The van der Waals surface area contributed by atoms with E-state index in [0.29, 0.717) is 18.3 Å². The Morgan fingerprint density at radius 3 is 2.50 bits per heavy atom. The first-order chi connectivity index (χ1) is 9.53. The first-order valence-corrected chi connectivity index (χ1v) is 8.55. The highest BCUT2D eigenvalue weighted by Crippen LogP contribution is 2.45. The molecule has 1 rings (SSSR count). The third-order valence-electron chi connectivity index (χ3n) is 5.10. The normalized spacial score (nSPS) is 26.4. The van der Waals surface area contributed by atoms with E-state index in [4.69, 9.17) is 4.74 Å². The maximum Gasteiger partial charge on any atom is 0.141 e. The van der Waals surface area contributed by atoms with Crippen molar-refractivity contribution in [2.75, 3.05) is 13.7 Å². The molecule has 0 spiro atoms. The Balaban J connectivity index is 2.29. The smallest absolute Gasteiger partial charge is 0.141 e. The van der Waals surface area contributed by atoms with E-state index in [1.807, 2.05) is 0 Å². The molecule has 1 aliphatic rings. The summed E-state index contributed by atoms with van der Waals surface area (Å²) in [5, 5.41) is 0. The van der Waals surface area contributed by atoms with Gasteiger partial charge in [0, 0.05) is 13.5 Å². The topological polar surface area (TPSA) is 26.3 Å². The fourth-order valence-electron chi connectivity index (χ4n) is 3.65. The minimum Gasteiger partial charge on any atom is -0.384 e. The second-order valence-corrected chi connectivity index (χ2v) is 7.15. The molecule has 0 radical (unpaired) electrons. The average molecular weight is 282 g/mol. The van der Waals surface area contributed by atoms with Crippen LogP contribution in [0, 0.1) is 17.3 Å². The molecule has 0 amide bonds. The van der Waals surface area contributed by atoms with Crippen LogP contribution in [0.5, 0.6) is 0 Å². The Kier molecular flexibility index (Phi) is 7.79. The maximum atomic E-state index is 12.6. The number of methoxy groups -OCH3 is 1. The van der Waals surface area contributed by atoms with Gasteiger partial charge in [-0.05, 0) is 31.1 Å². The molecule has 2 unspecified atom stereocenters. The predicted molar refractivity (Wildman–Crippen MR) is 84.9 cm³/mol. The van der Waals surface area contributed by atoms with Crippen LogP contribution >= 0.6 is 0 Å². The lowest BCUT2D eigenvalue weighted by molar-refractivity contribution is -0.134. The van der Waals surface area contributed by atoms with Crippen LogP contribution in [0.2, 0.25) is 0 Å². The highest BCUT2D eigenvalue weighted by molar-refractivity contribution is 5.85. The van der Waals surface area contributed by atoms with Crippen molar-refractivity contribution < 1.29 is 9.53 Å². The van der Waals surface area contributed by atoms with E-state index in [9.17, 15) is 4.79 Å². The number of rotatable bonds is 10. The summed E-state index contributed by atoms with van der Waals surface area (Å²) in [6.07, 6.45) is 10.3. The van der Waals surface area contributed by atoms with E-state index >= 15 is 0 Å². The summed E-state index contributed by atoms with van der Waals surface area (Å²) in [6, 6.07) is 0. The molecular formula is C18H34O2. The number of Topliss-reactive ketones (excluding diaryl/α,β-unsaturated/α-hetero) is 1. The second-order valence-electron chi connectivity index (χ2n) is 7.15. The van der Waals surface area contributed by atoms with Crippen LogP contribution in [0.25, 0.3) is 0 Å². The number of ketones is 1. The highest BCUT2D eigenvalue weighted by atomic mass is 16.5. The summed E-state index contributed by atoms with van der Waals surface area (Å²) >= 11 is 0. The van der Waals surface area contributed by atoms with Crippen LogP contribution in [0.1, 0.15) is 78.6 Å². The van der Waals surface area contributed by atoms with Crippen molar-refractivity contribution in [3.05, 3.63) is 0 Å². The van der Waals surface area contributed by atoms with Crippen LogP contribution in [0.4, 0.5) is 0 Å². The molecule has 1 saturated carbocycles. The molecule has 2 nitrogen and oxygen atoms in total. The third kappa shape index (κ3) is 4.87. The Labute approximate surface area is 125 Å². The summed E-state index contributed by atoms with van der Waals surface area (Å²) in [7, 11) is 1.73. The Hall–Kier alpha value is -0.370. The molecular weight excluding hydrogens is 248 g/mol. The lowest BCUT2D eigenvalue weighted by Gasteiger charge is -2.31. The van der Waals surface area contributed by atoms with Crippen LogP contribution in [0.15, 0.2) is 0 Å². The summed E-state index contributed by atoms with van der Waals surface area (Å²) in [5.41, 5.74) is -0.160. The standard InChI is InChI=1S/C18H34O2/c1-15(2)10-7-5-6-8-12-17(19)18(14-20-4)13-9-11-16(18)3/h15-16H,5-14H2,1-4H3. The minimum absolute atomic E-state index is 0.160. The molecule has 1 aliphatic carbocycles. The first kappa shape index (κ1) is 17.7. The van der Waals surface area contributed by atoms with Gasteiger partial charge < -0.3 is 4.74 Å². The molecule has 2 atom stereocenters. The van der Waals surface area contributed by atoms with Crippen molar-refractivity contribution in [3.63, 3.8) is 0 Å². The highest BCUT2D eigenvalue weighted by Gasteiger charge is 2.45. The molecule has 1 fully saturated rings. The van der Waals surface area contributed by atoms with Gasteiger partial charge in [0.1, 0.15) is 5.78 Å². The average Bonchev–Trinajstić information content (AvgIpc) is 2.76. The van der Waals surface area contributed by atoms with Gasteiger partial charge >= 0.3 is 0 Å². The number of carbonyl (C=O) groups is 1. The Morgan fingerprint density at radius 2 is 1.95 bits per heavy atom. The van der Waals surface area contributed by atoms with Crippen molar-refractivity contribution in [2.45, 2.75) is 78.6 Å². The van der Waals surface area contributed by atoms with Crippen LogP contribution in [0.3, 0.4) is 0 Å². The molecule has 0 aromatic rings. The SMILES string of the molecule is COCC1(C(=O)CCCCCCC(C)C)CCCC1C. The summed E-state index contributed by atoms with van der Waals surface area (Å²) < 4.78 is 5.37. The van der Waals surface area contributed by atoms with Gasteiger partial charge in [0.05, 0.1) is 12.0 Å². The van der Waals surface area contributed by atoms with E-state index in [2.05, 4.69) is 20.8 Å². The molecule has 0 N–H and O–H groups in total. The third-order valence-corrected chi connectivity index (χ3v) is 5.10. The lowest BCUT2D eigenvalue weighted by atomic mass is 9.74. The van der Waals surface area contributed by atoms with Crippen LogP contribution < -0.4 is 0 Å².